The van der Waals surface area contributed by atoms with Crippen LogP contribution in [0.3, 0.4) is 0 Å². The number of hydrogen-bond donors (Lipinski definition) is 1. The van der Waals surface area contributed by atoms with Crippen LogP contribution in [-0.4, -0.2) is 17.9 Å². The van der Waals surface area contributed by atoms with Gasteiger partial charge >= 0.3 is 0 Å². The number of aryl methyl sites for hydroxylation is 1. The van der Waals surface area contributed by atoms with Gasteiger partial charge < -0.3 is 10.6 Å². The monoisotopic (exact) mass is 275 g/mol. The van der Waals surface area contributed by atoms with E-state index < -0.39 is 0 Å². The lowest BCUT2D eigenvalue weighted by molar-refractivity contribution is 0.0987. The van der Waals surface area contributed by atoms with Gasteiger partial charge in [0, 0.05) is 18.3 Å². The van der Waals surface area contributed by atoms with E-state index in [-0.39, 0.29) is 5.91 Å². The van der Waals surface area contributed by atoms with Crippen LogP contribution in [0, 0.1) is 6.92 Å². The summed E-state index contributed by atoms with van der Waals surface area (Å²) in [5.74, 6) is -0.216. The summed E-state index contributed by atoms with van der Waals surface area (Å²) in [6.45, 7) is 1.84. The highest BCUT2D eigenvalue weighted by Crippen LogP contribution is 2.27. The molecule has 5 heteroatoms. The zero-order valence-electron chi connectivity index (χ0n) is 10.7. The Morgan fingerprint density at radius 2 is 2.11 bits per heavy atom. The first kappa shape index (κ1) is 13.4. The van der Waals surface area contributed by atoms with Crippen LogP contribution in [0.2, 0.25) is 5.02 Å². The lowest BCUT2D eigenvalue weighted by atomic mass is 10.2. The maximum absolute atomic E-state index is 12.4. The lowest BCUT2D eigenvalue weighted by Gasteiger charge is -2.19. The molecule has 1 aromatic carbocycles. The largest absolute Gasteiger partial charge is 0.397 e. The van der Waals surface area contributed by atoms with E-state index in [1.54, 1.807) is 37.5 Å². The van der Waals surface area contributed by atoms with Crippen molar-refractivity contribution in [1.82, 2.24) is 4.98 Å². The van der Waals surface area contributed by atoms with Crippen LogP contribution in [0.5, 0.6) is 0 Å². The van der Waals surface area contributed by atoms with Gasteiger partial charge in [0.15, 0.2) is 0 Å². The normalized spacial score (nSPS) is 10.3. The van der Waals surface area contributed by atoms with Crippen LogP contribution in [0.25, 0.3) is 0 Å². The van der Waals surface area contributed by atoms with Crippen molar-refractivity contribution in [3.05, 3.63) is 52.8 Å². The lowest BCUT2D eigenvalue weighted by Crippen LogP contribution is -2.28. The Labute approximate surface area is 116 Å². The van der Waals surface area contributed by atoms with Gasteiger partial charge in [-0.15, -0.1) is 0 Å². The molecule has 2 N–H and O–H groups in total. The van der Waals surface area contributed by atoms with E-state index in [0.717, 1.165) is 5.56 Å². The molecule has 0 saturated heterocycles. The molecule has 0 atom stereocenters. The average molecular weight is 276 g/mol. The molecule has 0 aliphatic heterocycles. The molecule has 98 valence electrons. The number of rotatable bonds is 2. The molecule has 0 unspecified atom stereocenters. The molecule has 0 aliphatic carbocycles. The summed E-state index contributed by atoms with van der Waals surface area (Å²) < 4.78 is 0. The van der Waals surface area contributed by atoms with Crippen molar-refractivity contribution in [3.63, 3.8) is 0 Å². The minimum Gasteiger partial charge on any atom is -0.397 e. The number of halogens is 1. The zero-order valence-corrected chi connectivity index (χ0v) is 11.5. The molecule has 0 aliphatic rings. The average Bonchev–Trinajstić information content (AvgIpc) is 2.40. The molecular weight excluding hydrogens is 262 g/mol. The first-order valence-corrected chi connectivity index (χ1v) is 6.13. The molecule has 1 amide bonds. The molecule has 0 saturated carbocycles. The molecule has 0 radical (unpaired) electrons. The number of pyridine rings is 1. The van der Waals surface area contributed by atoms with Gasteiger partial charge in [0.05, 0.1) is 11.4 Å². The third-order valence-electron chi connectivity index (χ3n) is 2.87. The molecule has 4 nitrogen and oxygen atoms in total. The SMILES string of the molecule is Cc1cccnc1C(=O)N(C)c1cc(Cl)ccc1N. The van der Waals surface area contributed by atoms with Crippen molar-refractivity contribution in [2.24, 2.45) is 0 Å². The van der Waals surface area contributed by atoms with Crippen LogP contribution < -0.4 is 10.6 Å². The Hall–Kier alpha value is -2.07. The number of hydrogen-bond acceptors (Lipinski definition) is 3. The maximum Gasteiger partial charge on any atom is 0.276 e. The topological polar surface area (TPSA) is 59.2 Å². The van der Waals surface area contributed by atoms with E-state index in [9.17, 15) is 4.79 Å². The number of anilines is 2. The molecule has 2 aromatic rings. The summed E-state index contributed by atoms with van der Waals surface area (Å²) in [5.41, 5.74) is 8.16. The minimum absolute atomic E-state index is 0.216. The van der Waals surface area contributed by atoms with Gasteiger partial charge in [0.25, 0.3) is 5.91 Å². The van der Waals surface area contributed by atoms with E-state index in [0.29, 0.717) is 22.1 Å². The standard InChI is InChI=1S/C14H14ClN3O/c1-9-4-3-7-17-13(9)14(19)18(2)12-8-10(15)5-6-11(12)16/h3-8H,16H2,1-2H3. The van der Waals surface area contributed by atoms with Crippen LogP contribution in [0.4, 0.5) is 11.4 Å². The molecule has 19 heavy (non-hydrogen) atoms. The van der Waals surface area contributed by atoms with Crippen LogP contribution in [0.1, 0.15) is 16.1 Å². The van der Waals surface area contributed by atoms with Gasteiger partial charge in [0.2, 0.25) is 0 Å². The first-order valence-electron chi connectivity index (χ1n) is 5.75. The van der Waals surface area contributed by atoms with E-state index in [1.807, 2.05) is 13.0 Å². The van der Waals surface area contributed by atoms with Gasteiger partial charge in [-0.25, -0.2) is 0 Å². The predicted molar refractivity (Wildman–Crippen MR) is 77.6 cm³/mol. The van der Waals surface area contributed by atoms with Crippen molar-refractivity contribution in [2.45, 2.75) is 6.92 Å². The Morgan fingerprint density at radius 3 is 2.79 bits per heavy atom. The van der Waals surface area contributed by atoms with Crippen LogP contribution in [0.15, 0.2) is 36.5 Å². The molecular formula is C14H14ClN3O. The predicted octanol–water partition coefficient (Wildman–Crippen LogP) is 2.90. The Bertz CT molecular complexity index is 628. The maximum atomic E-state index is 12.4. The Morgan fingerprint density at radius 1 is 1.37 bits per heavy atom. The summed E-state index contributed by atoms with van der Waals surface area (Å²) in [6, 6.07) is 8.65. The quantitative estimate of drug-likeness (QED) is 0.858. The highest BCUT2D eigenvalue weighted by atomic mass is 35.5. The second kappa shape index (κ2) is 5.28. The summed E-state index contributed by atoms with van der Waals surface area (Å²) in [7, 11) is 1.65. The van der Waals surface area contributed by atoms with Crippen molar-refractivity contribution in [3.8, 4) is 0 Å². The zero-order chi connectivity index (χ0) is 14.0. The third-order valence-corrected chi connectivity index (χ3v) is 3.11. The number of nitrogen functional groups attached to an aromatic ring is 1. The van der Waals surface area contributed by atoms with Gasteiger partial charge in [-0.05, 0) is 36.8 Å². The number of amides is 1. The molecule has 0 bridgehead atoms. The van der Waals surface area contributed by atoms with Crippen LogP contribution >= 0.6 is 11.6 Å². The van der Waals surface area contributed by atoms with Gasteiger partial charge in [-0.1, -0.05) is 17.7 Å². The fourth-order valence-corrected chi connectivity index (χ4v) is 1.95. The molecule has 0 spiro atoms. The number of benzene rings is 1. The summed E-state index contributed by atoms with van der Waals surface area (Å²) in [6.07, 6.45) is 1.59. The van der Waals surface area contributed by atoms with Crippen molar-refractivity contribution >= 4 is 28.9 Å². The number of carbonyl (C=O) groups is 1. The highest BCUT2D eigenvalue weighted by molar-refractivity contribution is 6.31. The minimum atomic E-state index is -0.216. The number of carbonyl (C=O) groups excluding carboxylic acids is 1. The molecule has 2 rings (SSSR count). The van der Waals surface area contributed by atoms with Gasteiger partial charge in [-0.2, -0.15) is 0 Å². The van der Waals surface area contributed by atoms with Gasteiger partial charge in [0.1, 0.15) is 5.69 Å². The van der Waals surface area contributed by atoms with E-state index in [2.05, 4.69) is 4.98 Å². The Balaban J connectivity index is 2.39. The van der Waals surface area contributed by atoms with Crippen molar-refractivity contribution in [2.75, 3.05) is 17.7 Å². The summed E-state index contributed by atoms with van der Waals surface area (Å²) >= 11 is 5.93. The van der Waals surface area contributed by atoms with E-state index in [1.165, 1.54) is 4.90 Å². The fourth-order valence-electron chi connectivity index (χ4n) is 1.79. The fraction of sp³-hybridized carbons (Fsp3) is 0.143. The second-order valence-corrected chi connectivity index (χ2v) is 4.67. The van der Waals surface area contributed by atoms with Gasteiger partial charge in [-0.3, -0.25) is 9.78 Å². The van der Waals surface area contributed by atoms with Crippen molar-refractivity contribution in [1.29, 1.82) is 0 Å². The number of aromatic nitrogens is 1. The number of nitrogens with zero attached hydrogens (tertiary/aromatic N) is 2. The highest BCUT2D eigenvalue weighted by Gasteiger charge is 2.18. The number of nitrogens with two attached hydrogens (primary N) is 1. The van der Waals surface area contributed by atoms with E-state index >= 15 is 0 Å². The van der Waals surface area contributed by atoms with Crippen molar-refractivity contribution < 1.29 is 4.79 Å². The first-order chi connectivity index (χ1) is 9.00. The van der Waals surface area contributed by atoms with E-state index in [4.69, 9.17) is 17.3 Å². The smallest absolute Gasteiger partial charge is 0.276 e. The molecule has 0 fully saturated rings. The summed E-state index contributed by atoms with van der Waals surface area (Å²) in [4.78, 5) is 18.0. The molecule has 1 aromatic heterocycles. The molecule has 1 heterocycles. The Kier molecular flexibility index (Phi) is 3.71. The second-order valence-electron chi connectivity index (χ2n) is 4.24. The summed E-state index contributed by atoms with van der Waals surface area (Å²) in [5, 5.41) is 0.529. The third kappa shape index (κ3) is 2.69. The van der Waals surface area contributed by atoms with Crippen LogP contribution in [-0.2, 0) is 0 Å².